The van der Waals surface area contributed by atoms with Crippen LogP contribution in [-0.2, 0) is 11.2 Å². The Labute approximate surface area is 213 Å². The highest BCUT2D eigenvalue weighted by Crippen LogP contribution is 2.32. The molecule has 0 saturated carbocycles. The van der Waals surface area contributed by atoms with Gasteiger partial charge in [-0.15, -0.1) is 0 Å². The molecular weight excluding hydrogens is 446 g/mol. The molecule has 36 heavy (non-hydrogen) atoms. The van der Waals surface area contributed by atoms with Crippen LogP contribution in [0.3, 0.4) is 0 Å². The topological polar surface area (TPSA) is 61.7 Å². The molecule has 6 nitrogen and oxygen atoms in total. The summed E-state index contributed by atoms with van der Waals surface area (Å²) < 4.78 is 0. The smallest absolute Gasteiger partial charge is 0.225 e. The zero-order valence-corrected chi connectivity index (χ0v) is 20.9. The van der Waals surface area contributed by atoms with Crippen LogP contribution in [0.1, 0.15) is 42.9 Å². The minimum absolute atomic E-state index is 0.216. The number of rotatable bonds is 8. The Hall–Kier alpha value is -3.80. The molecule has 184 valence electrons. The number of piperazine rings is 1. The van der Waals surface area contributed by atoms with Gasteiger partial charge in [0, 0.05) is 50.9 Å². The Morgan fingerprint density at radius 3 is 2.31 bits per heavy atom. The van der Waals surface area contributed by atoms with E-state index in [-0.39, 0.29) is 11.8 Å². The number of aromatic nitrogens is 2. The molecule has 6 heteroatoms. The Kier molecular flexibility index (Phi) is 7.50. The van der Waals surface area contributed by atoms with Crippen LogP contribution < -0.4 is 4.90 Å². The molecule has 5 rings (SSSR count). The van der Waals surface area contributed by atoms with E-state index in [0.29, 0.717) is 6.42 Å². The van der Waals surface area contributed by atoms with Crippen molar-refractivity contribution < 1.29 is 4.79 Å². The van der Waals surface area contributed by atoms with Crippen molar-refractivity contribution in [3.05, 3.63) is 95.8 Å². The molecule has 3 aromatic rings. The molecule has 0 aliphatic carbocycles. The maximum absolute atomic E-state index is 12.9. The predicted molar refractivity (Wildman–Crippen MR) is 145 cm³/mol. The van der Waals surface area contributed by atoms with Crippen molar-refractivity contribution in [3.63, 3.8) is 0 Å². The molecule has 0 radical (unpaired) electrons. The van der Waals surface area contributed by atoms with Gasteiger partial charge in [-0.1, -0.05) is 61.5 Å². The Bertz CT molecular complexity index is 1210. The Morgan fingerprint density at radius 2 is 1.61 bits per heavy atom. The van der Waals surface area contributed by atoms with Crippen molar-refractivity contribution in [2.24, 2.45) is 10.9 Å². The standard InChI is InChI=1S/C30H33N5O/c1-2-23-12-14-24(15-13-23)27-22-26(29(33-27)25-8-4-3-5-9-25)10-6-11-28(36)34-18-20-35(21-19-34)30-31-16-7-17-32-30/h3-5,7-9,12-17,22,26H,2,6,10-11,18-21H2,1H3. The molecule has 1 fully saturated rings. The largest absolute Gasteiger partial charge is 0.339 e. The van der Waals surface area contributed by atoms with Gasteiger partial charge in [-0.2, -0.15) is 0 Å². The lowest BCUT2D eigenvalue weighted by Crippen LogP contribution is -2.49. The van der Waals surface area contributed by atoms with Gasteiger partial charge in [0.25, 0.3) is 0 Å². The first-order chi connectivity index (χ1) is 17.7. The molecule has 2 aromatic carbocycles. The number of hydrogen-bond donors (Lipinski definition) is 0. The second kappa shape index (κ2) is 11.3. The van der Waals surface area contributed by atoms with Crippen LogP contribution >= 0.6 is 0 Å². The number of aliphatic imine (C=N–C) groups is 1. The van der Waals surface area contributed by atoms with E-state index in [1.807, 2.05) is 17.0 Å². The molecule has 1 saturated heterocycles. The van der Waals surface area contributed by atoms with E-state index in [2.05, 4.69) is 76.4 Å². The first-order valence-corrected chi connectivity index (χ1v) is 13.0. The second-order valence-electron chi connectivity index (χ2n) is 9.38. The summed E-state index contributed by atoms with van der Waals surface area (Å²) in [4.78, 5) is 30.8. The monoisotopic (exact) mass is 479 g/mol. The number of carbonyl (C=O) groups excluding carboxylic acids is 1. The number of amides is 1. The van der Waals surface area contributed by atoms with Gasteiger partial charge >= 0.3 is 0 Å². The lowest BCUT2D eigenvalue weighted by atomic mass is 9.92. The fraction of sp³-hybridized carbons (Fsp3) is 0.333. The molecule has 1 atom stereocenters. The highest BCUT2D eigenvalue weighted by Gasteiger charge is 2.25. The minimum atomic E-state index is 0.216. The summed E-state index contributed by atoms with van der Waals surface area (Å²) in [5.41, 5.74) is 5.78. The molecule has 1 aromatic heterocycles. The zero-order chi connectivity index (χ0) is 24.7. The van der Waals surface area contributed by atoms with Crippen molar-refractivity contribution >= 4 is 23.3 Å². The van der Waals surface area contributed by atoms with Crippen LogP contribution in [0.2, 0.25) is 0 Å². The molecule has 3 heterocycles. The van der Waals surface area contributed by atoms with Crippen molar-refractivity contribution in [1.29, 1.82) is 0 Å². The Morgan fingerprint density at radius 1 is 0.889 bits per heavy atom. The third-order valence-electron chi connectivity index (χ3n) is 7.05. The second-order valence-corrected chi connectivity index (χ2v) is 9.38. The fourth-order valence-electron chi connectivity index (χ4n) is 4.94. The van der Waals surface area contributed by atoms with E-state index < -0.39 is 0 Å². The number of aryl methyl sites for hydroxylation is 1. The number of carbonyl (C=O) groups is 1. The maximum Gasteiger partial charge on any atom is 0.225 e. The molecular formula is C30H33N5O. The SMILES string of the molecule is CCc1ccc(C2=CC(CCCC(=O)N3CCN(c4ncccn4)CC3)C(c3ccccc3)=N2)cc1. The normalized spacial score (nSPS) is 17.6. The van der Waals surface area contributed by atoms with Crippen molar-refractivity contribution in [2.75, 3.05) is 31.1 Å². The van der Waals surface area contributed by atoms with Gasteiger partial charge in [0.05, 0.1) is 11.4 Å². The van der Waals surface area contributed by atoms with E-state index in [1.165, 1.54) is 5.56 Å². The van der Waals surface area contributed by atoms with E-state index in [9.17, 15) is 4.79 Å². The predicted octanol–water partition coefficient (Wildman–Crippen LogP) is 5.02. The van der Waals surface area contributed by atoms with Gasteiger partial charge < -0.3 is 9.80 Å². The highest BCUT2D eigenvalue weighted by atomic mass is 16.2. The maximum atomic E-state index is 12.9. The third-order valence-corrected chi connectivity index (χ3v) is 7.05. The lowest BCUT2D eigenvalue weighted by Gasteiger charge is -2.34. The van der Waals surface area contributed by atoms with Crippen molar-refractivity contribution in [3.8, 4) is 0 Å². The van der Waals surface area contributed by atoms with Crippen LogP contribution in [0.15, 0.2) is 84.1 Å². The lowest BCUT2D eigenvalue weighted by molar-refractivity contribution is -0.131. The van der Waals surface area contributed by atoms with Crippen molar-refractivity contribution in [1.82, 2.24) is 14.9 Å². The first-order valence-electron chi connectivity index (χ1n) is 13.0. The quantitative estimate of drug-likeness (QED) is 0.455. The van der Waals surface area contributed by atoms with Gasteiger partial charge in [-0.25, -0.2) is 9.97 Å². The van der Waals surface area contributed by atoms with E-state index in [4.69, 9.17) is 4.99 Å². The summed E-state index contributed by atoms with van der Waals surface area (Å²) in [6, 6.07) is 20.9. The summed E-state index contributed by atoms with van der Waals surface area (Å²) >= 11 is 0. The van der Waals surface area contributed by atoms with Gasteiger partial charge in [0.15, 0.2) is 0 Å². The number of hydrogen-bond acceptors (Lipinski definition) is 5. The number of nitrogens with zero attached hydrogens (tertiary/aromatic N) is 5. The Balaban J connectivity index is 1.19. The van der Waals surface area contributed by atoms with Crippen LogP contribution in [0.25, 0.3) is 5.70 Å². The molecule has 1 unspecified atom stereocenters. The average molecular weight is 480 g/mol. The summed E-state index contributed by atoms with van der Waals surface area (Å²) in [5, 5.41) is 0. The van der Waals surface area contributed by atoms with Crippen LogP contribution in [-0.4, -0.2) is 52.7 Å². The molecule has 2 aliphatic rings. The molecule has 0 spiro atoms. The molecule has 0 N–H and O–H groups in total. The van der Waals surface area contributed by atoms with Crippen LogP contribution in [0.4, 0.5) is 5.95 Å². The van der Waals surface area contributed by atoms with E-state index in [0.717, 1.165) is 73.9 Å². The summed E-state index contributed by atoms with van der Waals surface area (Å²) in [7, 11) is 0. The first kappa shape index (κ1) is 23.9. The van der Waals surface area contributed by atoms with Gasteiger partial charge in [-0.3, -0.25) is 9.79 Å². The number of benzene rings is 2. The number of anilines is 1. The zero-order valence-electron chi connectivity index (χ0n) is 20.9. The van der Waals surface area contributed by atoms with Gasteiger partial charge in [0.1, 0.15) is 0 Å². The van der Waals surface area contributed by atoms with E-state index in [1.54, 1.807) is 12.4 Å². The molecule has 0 bridgehead atoms. The van der Waals surface area contributed by atoms with Gasteiger partial charge in [0.2, 0.25) is 11.9 Å². The molecule has 1 amide bonds. The van der Waals surface area contributed by atoms with E-state index >= 15 is 0 Å². The van der Waals surface area contributed by atoms with Crippen molar-refractivity contribution in [2.45, 2.75) is 32.6 Å². The fourth-order valence-corrected chi connectivity index (χ4v) is 4.94. The summed E-state index contributed by atoms with van der Waals surface area (Å²) in [6.07, 6.45) is 9.15. The van der Waals surface area contributed by atoms with Gasteiger partial charge in [-0.05, 0) is 48.1 Å². The highest BCUT2D eigenvalue weighted by molar-refractivity contribution is 6.09. The number of allylic oxidation sites excluding steroid dienone is 1. The summed E-state index contributed by atoms with van der Waals surface area (Å²) in [6.45, 7) is 5.15. The summed E-state index contributed by atoms with van der Waals surface area (Å²) in [5.74, 6) is 1.19. The minimum Gasteiger partial charge on any atom is -0.339 e. The average Bonchev–Trinajstić information content (AvgIpc) is 3.38. The molecule has 2 aliphatic heterocycles. The van der Waals surface area contributed by atoms with Crippen LogP contribution in [0, 0.1) is 5.92 Å². The third kappa shape index (κ3) is 5.54. The van der Waals surface area contributed by atoms with Crippen LogP contribution in [0.5, 0.6) is 0 Å².